The number of benzene rings is 3. The van der Waals surface area contributed by atoms with Crippen molar-refractivity contribution in [2.24, 2.45) is 5.10 Å². The normalized spacial score (nSPS) is 11.2. The molecule has 0 saturated carbocycles. The van der Waals surface area contributed by atoms with E-state index in [1.807, 2.05) is 42.5 Å². The van der Waals surface area contributed by atoms with Gasteiger partial charge in [0.2, 0.25) is 0 Å². The summed E-state index contributed by atoms with van der Waals surface area (Å²) in [5, 5.41) is 9.29. The van der Waals surface area contributed by atoms with Crippen molar-refractivity contribution in [1.82, 2.24) is 5.43 Å². The number of anilines is 1. The van der Waals surface area contributed by atoms with Crippen molar-refractivity contribution in [2.75, 3.05) is 11.9 Å². The monoisotopic (exact) mass is 439 g/mol. The first-order valence-corrected chi connectivity index (χ1v) is 10.2. The molecule has 0 bridgehead atoms. The standard InChI is InChI=1S/C26H21N3O4/c30-25(18-27-22-10-9-20-4-1-2-5-21(20)16-22)29-28-17-19-7-11-24(12-8-19)33-26(31)14-13-23-6-3-15-32-23/h1-17,27H,18H2,(H,29,30)/b14-13+,28-17-. The van der Waals surface area contributed by atoms with Gasteiger partial charge < -0.3 is 14.5 Å². The fourth-order valence-corrected chi connectivity index (χ4v) is 3.01. The zero-order valence-corrected chi connectivity index (χ0v) is 17.6. The highest BCUT2D eigenvalue weighted by Crippen LogP contribution is 2.18. The summed E-state index contributed by atoms with van der Waals surface area (Å²) in [5.74, 6) is 0.171. The van der Waals surface area contributed by atoms with Crippen LogP contribution < -0.4 is 15.5 Å². The highest BCUT2D eigenvalue weighted by atomic mass is 16.5. The van der Waals surface area contributed by atoms with E-state index in [0.29, 0.717) is 11.5 Å². The molecular formula is C26H21N3O4. The first-order valence-electron chi connectivity index (χ1n) is 10.2. The molecule has 0 saturated heterocycles. The Hall–Kier alpha value is -4.65. The molecule has 0 aliphatic carbocycles. The van der Waals surface area contributed by atoms with Crippen LogP contribution in [-0.4, -0.2) is 24.6 Å². The molecule has 4 rings (SSSR count). The van der Waals surface area contributed by atoms with Gasteiger partial charge in [0.05, 0.1) is 19.0 Å². The number of ether oxygens (including phenoxy) is 1. The molecule has 2 N–H and O–H groups in total. The van der Waals surface area contributed by atoms with Gasteiger partial charge in [0, 0.05) is 11.8 Å². The van der Waals surface area contributed by atoms with Gasteiger partial charge in [0.15, 0.2) is 0 Å². The third-order valence-electron chi connectivity index (χ3n) is 4.63. The molecule has 0 aliphatic heterocycles. The summed E-state index contributed by atoms with van der Waals surface area (Å²) in [5.41, 5.74) is 4.08. The number of nitrogens with one attached hydrogen (secondary N) is 2. The van der Waals surface area contributed by atoms with E-state index in [1.165, 1.54) is 24.6 Å². The quantitative estimate of drug-likeness (QED) is 0.137. The number of nitrogens with zero attached hydrogens (tertiary/aromatic N) is 1. The number of carbonyl (C=O) groups is 2. The largest absolute Gasteiger partial charge is 0.465 e. The van der Waals surface area contributed by atoms with Crippen LogP contribution in [0, 0.1) is 0 Å². The van der Waals surface area contributed by atoms with Crippen molar-refractivity contribution in [1.29, 1.82) is 0 Å². The number of rotatable bonds is 8. The summed E-state index contributed by atoms with van der Waals surface area (Å²) in [6.45, 7) is 0.0933. The number of carbonyl (C=O) groups excluding carboxylic acids is 2. The minimum atomic E-state index is -0.515. The van der Waals surface area contributed by atoms with Crippen LogP contribution in [0.15, 0.2) is 101 Å². The maximum atomic E-state index is 12.0. The lowest BCUT2D eigenvalue weighted by Crippen LogP contribution is -2.25. The minimum absolute atomic E-state index is 0.0933. The van der Waals surface area contributed by atoms with Crippen LogP contribution in [0.1, 0.15) is 11.3 Å². The molecular weight excluding hydrogens is 418 g/mol. The summed E-state index contributed by atoms with van der Waals surface area (Å²) in [4.78, 5) is 23.9. The van der Waals surface area contributed by atoms with E-state index in [-0.39, 0.29) is 12.5 Å². The predicted molar refractivity (Wildman–Crippen MR) is 128 cm³/mol. The van der Waals surface area contributed by atoms with Crippen molar-refractivity contribution in [3.05, 3.63) is 103 Å². The van der Waals surface area contributed by atoms with Crippen molar-refractivity contribution in [3.63, 3.8) is 0 Å². The van der Waals surface area contributed by atoms with E-state index in [1.54, 1.807) is 36.4 Å². The second kappa shape index (κ2) is 10.6. The topological polar surface area (TPSA) is 92.9 Å². The highest BCUT2D eigenvalue weighted by Gasteiger charge is 2.02. The number of hydrogen-bond acceptors (Lipinski definition) is 6. The molecule has 33 heavy (non-hydrogen) atoms. The molecule has 0 fully saturated rings. The molecule has 164 valence electrons. The summed E-state index contributed by atoms with van der Waals surface area (Å²) in [6.07, 6.45) is 5.85. The Balaban J connectivity index is 1.22. The Bertz CT molecular complexity index is 1290. The van der Waals surface area contributed by atoms with Crippen molar-refractivity contribution in [2.45, 2.75) is 0 Å². The lowest BCUT2D eigenvalue weighted by molar-refractivity contribution is -0.129. The number of fused-ring (bicyclic) bond motifs is 1. The fourth-order valence-electron chi connectivity index (χ4n) is 3.01. The lowest BCUT2D eigenvalue weighted by Gasteiger charge is -2.06. The zero-order chi connectivity index (χ0) is 22.9. The van der Waals surface area contributed by atoms with E-state index in [9.17, 15) is 9.59 Å². The van der Waals surface area contributed by atoms with Crippen LogP contribution in [0.3, 0.4) is 0 Å². The lowest BCUT2D eigenvalue weighted by atomic mass is 10.1. The van der Waals surface area contributed by atoms with E-state index < -0.39 is 5.97 Å². The number of esters is 1. The summed E-state index contributed by atoms with van der Waals surface area (Å²) < 4.78 is 10.3. The van der Waals surface area contributed by atoms with Crippen LogP contribution in [-0.2, 0) is 9.59 Å². The molecule has 1 amide bonds. The number of hydrogen-bond donors (Lipinski definition) is 2. The van der Waals surface area contributed by atoms with Crippen LogP contribution in [0.25, 0.3) is 16.8 Å². The number of furan rings is 1. The molecule has 1 aromatic heterocycles. The molecule has 0 spiro atoms. The van der Waals surface area contributed by atoms with Gasteiger partial charge in [-0.1, -0.05) is 30.3 Å². The van der Waals surface area contributed by atoms with Crippen molar-refractivity contribution >= 4 is 40.6 Å². The molecule has 7 heteroatoms. The second-order valence-corrected chi connectivity index (χ2v) is 7.05. The summed E-state index contributed by atoms with van der Waals surface area (Å²) in [6, 6.07) is 24.1. The van der Waals surface area contributed by atoms with Crippen LogP contribution in [0.4, 0.5) is 5.69 Å². The van der Waals surface area contributed by atoms with Crippen molar-refractivity contribution in [3.8, 4) is 5.75 Å². The fraction of sp³-hybridized carbons (Fsp3) is 0.0385. The highest BCUT2D eigenvalue weighted by molar-refractivity contribution is 5.89. The average Bonchev–Trinajstić information content (AvgIpc) is 3.36. The van der Waals surface area contributed by atoms with Gasteiger partial charge in [0.25, 0.3) is 5.91 Å². The van der Waals surface area contributed by atoms with Crippen LogP contribution in [0.2, 0.25) is 0 Å². The molecule has 1 heterocycles. The van der Waals surface area contributed by atoms with Gasteiger partial charge in [-0.05, 0) is 70.9 Å². The summed E-state index contributed by atoms with van der Waals surface area (Å²) in [7, 11) is 0. The molecule has 0 unspecified atom stereocenters. The molecule has 4 aromatic rings. The van der Waals surface area contributed by atoms with Crippen LogP contribution in [0.5, 0.6) is 5.75 Å². The van der Waals surface area contributed by atoms with Gasteiger partial charge in [-0.25, -0.2) is 10.2 Å². The minimum Gasteiger partial charge on any atom is -0.465 e. The SMILES string of the molecule is O=C(CNc1ccc2ccccc2c1)N/N=C\c1ccc(OC(=O)/C=C/c2ccco2)cc1. The molecule has 0 atom stereocenters. The zero-order valence-electron chi connectivity index (χ0n) is 17.6. The molecule has 3 aromatic carbocycles. The van der Waals surface area contributed by atoms with Gasteiger partial charge in [-0.15, -0.1) is 0 Å². The van der Waals surface area contributed by atoms with Crippen molar-refractivity contribution < 1.29 is 18.7 Å². The predicted octanol–water partition coefficient (Wildman–Crippen LogP) is 4.61. The Labute approximate surface area is 190 Å². The maximum Gasteiger partial charge on any atom is 0.336 e. The molecule has 0 radical (unpaired) electrons. The third-order valence-corrected chi connectivity index (χ3v) is 4.63. The van der Waals surface area contributed by atoms with Gasteiger partial charge in [-0.2, -0.15) is 5.10 Å². The Kier molecular flexibility index (Phi) is 6.92. The van der Waals surface area contributed by atoms with Gasteiger partial charge in [0.1, 0.15) is 11.5 Å². The molecule has 7 nitrogen and oxygen atoms in total. The smallest absolute Gasteiger partial charge is 0.336 e. The Morgan fingerprint density at radius 3 is 2.55 bits per heavy atom. The van der Waals surface area contributed by atoms with E-state index in [0.717, 1.165) is 22.0 Å². The number of amides is 1. The van der Waals surface area contributed by atoms with E-state index in [4.69, 9.17) is 9.15 Å². The van der Waals surface area contributed by atoms with Gasteiger partial charge >= 0.3 is 5.97 Å². The van der Waals surface area contributed by atoms with Crippen LogP contribution >= 0.6 is 0 Å². The first-order chi connectivity index (χ1) is 16.2. The van der Waals surface area contributed by atoms with E-state index in [2.05, 4.69) is 15.8 Å². The second-order valence-electron chi connectivity index (χ2n) is 7.05. The number of hydrazone groups is 1. The Morgan fingerprint density at radius 1 is 0.939 bits per heavy atom. The maximum absolute atomic E-state index is 12.0. The molecule has 0 aliphatic rings. The van der Waals surface area contributed by atoms with Gasteiger partial charge in [-0.3, -0.25) is 4.79 Å². The first kappa shape index (κ1) is 21.6. The van der Waals surface area contributed by atoms with E-state index >= 15 is 0 Å². The average molecular weight is 439 g/mol. The Morgan fingerprint density at radius 2 is 1.76 bits per heavy atom. The third kappa shape index (κ3) is 6.41. The summed E-state index contributed by atoms with van der Waals surface area (Å²) >= 11 is 0.